The quantitative estimate of drug-likeness (QED) is 0.532. The van der Waals surface area contributed by atoms with Gasteiger partial charge in [-0.15, -0.1) is 0 Å². The molecular weight excluding hydrogens is 226 g/mol. The maximum absolute atomic E-state index is 10.7. The summed E-state index contributed by atoms with van der Waals surface area (Å²) in [6.45, 7) is 7.69. The van der Waals surface area contributed by atoms with Crippen molar-refractivity contribution < 1.29 is 4.79 Å². The van der Waals surface area contributed by atoms with Gasteiger partial charge in [0.05, 0.1) is 5.84 Å². The second kappa shape index (κ2) is 8.11. The van der Waals surface area contributed by atoms with Crippen LogP contribution in [0.25, 0.3) is 0 Å². The molecule has 2 aliphatic rings. The number of carbonyl (C=O) groups is 1. The number of piperidine rings is 2. The van der Waals surface area contributed by atoms with Gasteiger partial charge in [0.15, 0.2) is 0 Å². The van der Waals surface area contributed by atoms with Crippen molar-refractivity contribution in [3.05, 3.63) is 0 Å². The minimum atomic E-state index is 0.231. The first-order valence-electron chi connectivity index (χ1n) is 7.17. The zero-order chi connectivity index (χ0) is 13.4. The van der Waals surface area contributed by atoms with Crippen molar-refractivity contribution in [3.8, 4) is 0 Å². The monoisotopic (exact) mass is 253 g/mol. The molecule has 0 unspecified atom stereocenters. The summed E-state index contributed by atoms with van der Waals surface area (Å²) in [6, 6.07) is 0. The second-order valence-corrected chi connectivity index (χ2v) is 5.20. The van der Waals surface area contributed by atoms with Gasteiger partial charge < -0.3 is 9.80 Å². The Kier molecular flexibility index (Phi) is 6.76. The smallest absolute Gasteiger partial charge is 0.219 e. The zero-order valence-corrected chi connectivity index (χ0v) is 11.9. The lowest BCUT2D eigenvalue weighted by atomic mass is 10.1. The average Bonchev–Trinajstić information content (AvgIpc) is 2.41. The van der Waals surface area contributed by atoms with Crippen molar-refractivity contribution in [1.29, 1.82) is 5.41 Å². The topological polar surface area (TPSA) is 47.4 Å². The van der Waals surface area contributed by atoms with Crippen LogP contribution in [0.15, 0.2) is 0 Å². The van der Waals surface area contributed by atoms with E-state index in [2.05, 4.69) is 4.90 Å². The first kappa shape index (κ1) is 15.0. The highest BCUT2D eigenvalue weighted by Crippen LogP contribution is 2.08. The normalized spacial score (nSPS) is 19.9. The third-order valence-corrected chi connectivity index (χ3v) is 3.63. The standard InChI is InChI=1S/C7H14N2.C7H13NO/c1-7(8)9-5-3-2-4-6-9;1-7(9)8-5-3-2-4-6-8/h8H,2-6H2,1H3;2-6H2,1H3. The van der Waals surface area contributed by atoms with Crippen molar-refractivity contribution in [2.75, 3.05) is 26.2 Å². The van der Waals surface area contributed by atoms with Crippen LogP contribution in [0.3, 0.4) is 0 Å². The lowest BCUT2D eigenvalue weighted by Crippen LogP contribution is -2.33. The zero-order valence-electron chi connectivity index (χ0n) is 11.9. The predicted molar refractivity (Wildman–Crippen MR) is 74.9 cm³/mol. The largest absolute Gasteiger partial charge is 0.361 e. The molecule has 0 aromatic carbocycles. The fourth-order valence-corrected chi connectivity index (χ4v) is 2.44. The molecule has 0 aromatic heterocycles. The molecule has 2 fully saturated rings. The average molecular weight is 253 g/mol. The maximum Gasteiger partial charge on any atom is 0.219 e. The molecule has 0 radical (unpaired) electrons. The Hall–Kier alpha value is -1.06. The van der Waals surface area contributed by atoms with Gasteiger partial charge in [0.25, 0.3) is 0 Å². The van der Waals surface area contributed by atoms with E-state index in [1.54, 1.807) is 6.92 Å². The Balaban J connectivity index is 0.000000180. The van der Waals surface area contributed by atoms with Crippen LogP contribution in [0.2, 0.25) is 0 Å². The summed E-state index contributed by atoms with van der Waals surface area (Å²) in [4.78, 5) is 14.8. The van der Waals surface area contributed by atoms with E-state index in [0.717, 1.165) is 32.0 Å². The minimum absolute atomic E-state index is 0.231. The molecule has 1 amide bonds. The fourth-order valence-electron chi connectivity index (χ4n) is 2.44. The number of amides is 1. The Morgan fingerprint density at radius 2 is 1.17 bits per heavy atom. The van der Waals surface area contributed by atoms with Gasteiger partial charge in [-0.25, -0.2) is 0 Å². The summed E-state index contributed by atoms with van der Waals surface area (Å²) in [7, 11) is 0. The molecule has 2 aliphatic heterocycles. The molecule has 0 aliphatic carbocycles. The molecule has 0 aromatic rings. The summed E-state index contributed by atoms with van der Waals surface area (Å²) in [6.07, 6.45) is 7.58. The summed E-state index contributed by atoms with van der Waals surface area (Å²) in [5, 5.41) is 7.31. The van der Waals surface area contributed by atoms with Gasteiger partial charge in [0.2, 0.25) is 5.91 Å². The van der Waals surface area contributed by atoms with Crippen LogP contribution >= 0.6 is 0 Å². The van der Waals surface area contributed by atoms with E-state index in [4.69, 9.17) is 5.41 Å². The third kappa shape index (κ3) is 5.52. The summed E-state index contributed by atoms with van der Waals surface area (Å²) < 4.78 is 0. The number of hydrogen-bond acceptors (Lipinski definition) is 2. The Morgan fingerprint density at radius 1 is 0.778 bits per heavy atom. The van der Waals surface area contributed by atoms with E-state index >= 15 is 0 Å². The number of nitrogens with zero attached hydrogens (tertiary/aromatic N) is 2. The first-order valence-corrected chi connectivity index (χ1v) is 7.17. The lowest BCUT2D eigenvalue weighted by Gasteiger charge is -2.27. The molecule has 2 saturated heterocycles. The molecule has 2 rings (SSSR count). The molecule has 18 heavy (non-hydrogen) atoms. The van der Waals surface area contributed by atoms with Crippen LogP contribution in [0, 0.1) is 5.41 Å². The molecule has 2 heterocycles. The van der Waals surface area contributed by atoms with Crippen molar-refractivity contribution in [2.45, 2.75) is 52.4 Å². The predicted octanol–water partition coefficient (Wildman–Crippen LogP) is 2.49. The molecule has 4 heteroatoms. The first-order chi connectivity index (χ1) is 8.61. The van der Waals surface area contributed by atoms with E-state index in [9.17, 15) is 4.79 Å². The lowest BCUT2D eigenvalue weighted by molar-refractivity contribution is -0.129. The number of amidine groups is 1. The van der Waals surface area contributed by atoms with Crippen LogP contribution in [-0.4, -0.2) is 47.7 Å². The van der Waals surface area contributed by atoms with Gasteiger partial charge in [-0.05, 0) is 45.4 Å². The van der Waals surface area contributed by atoms with Crippen LogP contribution in [-0.2, 0) is 4.79 Å². The van der Waals surface area contributed by atoms with E-state index in [1.165, 1.54) is 38.5 Å². The Morgan fingerprint density at radius 3 is 1.39 bits per heavy atom. The van der Waals surface area contributed by atoms with Gasteiger partial charge in [0.1, 0.15) is 0 Å². The molecule has 0 bridgehead atoms. The molecule has 1 N–H and O–H groups in total. The molecule has 0 saturated carbocycles. The fraction of sp³-hybridized carbons (Fsp3) is 0.857. The summed E-state index contributed by atoms with van der Waals surface area (Å²) in [5.74, 6) is 0.962. The number of rotatable bonds is 0. The molecule has 0 atom stereocenters. The highest BCUT2D eigenvalue weighted by Gasteiger charge is 2.11. The summed E-state index contributed by atoms with van der Waals surface area (Å²) >= 11 is 0. The van der Waals surface area contributed by atoms with E-state index in [-0.39, 0.29) is 5.91 Å². The van der Waals surface area contributed by atoms with Gasteiger partial charge in [-0.2, -0.15) is 0 Å². The highest BCUT2D eigenvalue weighted by atomic mass is 16.2. The Labute approximate surface area is 111 Å². The molecule has 104 valence electrons. The SMILES string of the molecule is CC(=N)N1CCCCC1.CC(=O)N1CCCCC1. The number of hydrogen-bond donors (Lipinski definition) is 1. The maximum atomic E-state index is 10.7. The van der Waals surface area contributed by atoms with E-state index < -0.39 is 0 Å². The van der Waals surface area contributed by atoms with Crippen molar-refractivity contribution in [1.82, 2.24) is 9.80 Å². The molecular formula is C14H27N3O. The van der Waals surface area contributed by atoms with Crippen LogP contribution < -0.4 is 0 Å². The number of carbonyl (C=O) groups excluding carboxylic acids is 1. The van der Waals surface area contributed by atoms with Crippen molar-refractivity contribution in [3.63, 3.8) is 0 Å². The highest BCUT2D eigenvalue weighted by molar-refractivity contribution is 5.76. The Bertz CT molecular complexity index is 238. The van der Waals surface area contributed by atoms with Gasteiger partial charge in [-0.3, -0.25) is 10.2 Å². The van der Waals surface area contributed by atoms with Crippen LogP contribution in [0.4, 0.5) is 0 Å². The minimum Gasteiger partial charge on any atom is -0.361 e. The number of nitrogens with one attached hydrogen (secondary N) is 1. The molecule has 4 nitrogen and oxygen atoms in total. The van der Waals surface area contributed by atoms with Crippen LogP contribution in [0.5, 0.6) is 0 Å². The number of likely N-dealkylation sites (tertiary alicyclic amines) is 2. The van der Waals surface area contributed by atoms with Gasteiger partial charge in [-0.1, -0.05) is 0 Å². The van der Waals surface area contributed by atoms with E-state index in [1.807, 2.05) is 11.8 Å². The molecule has 0 spiro atoms. The van der Waals surface area contributed by atoms with Crippen molar-refractivity contribution in [2.24, 2.45) is 0 Å². The van der Waals surface area contributed by atoms with Gasteiger partial charge in [0, 0.05) is 33.1 Å². The van der Waals surface area contributed by atoms with Gasteiger partial charge >= 0.3 is 0 Å². The summed E-state index contributed by atoms with van der Waals surface area (Å²) in [5.41, 5.74) is 0. The van der Waals surface area contributed by atoms with Crippen LogP contribution in [0.1, 0.15) is 52.4 Å². The van der Waals surface area contributed by atoms with E-state index in [0.29, 0.717) is 0 Å². The second-order valence-electron chi connectivity index (χ2n) is 5.20. The third-order valence-electron chi connectivity index (χ3n) is 3.63. The van der Waals surface area contributed by atoms with Crippen molar-refractivity contribution >= 4 is 11.7 Å².